The molecule has 0 atom stereocenters. The molecule has 0 radical (unpaired) electrons. The summed E-state index contributed by atoms with van der Waals surface area (Å²) in [6.45, 7) is 7.66. The van der Waals surface area contributed by atoms with Gasteiger partial charge in [0.2, 0.25) is 0 Å². The Balaban J connectivity index is 0.000000531. The fourth-order valence-corrected chi connectivity index (χ4v) is 1.20. The second-order valence-electron chi connectivity index (χ2n) is 2.65. The molecule has 0 amide bonds. The van der Waals surface area contributed by atoms with Gasteiger partial charge in [0, 0.05) is 6.20 Å². The van der Waals surface area contributed by atoms with Crippen LogP contribution in [-0.4, -0.2) is 9.38 Å². The van der Waals surface area contributed by atoms with Crippen molar-refractivity contribution >= 4 is 11.7 Å². The molecule has 0 N–H and O–H groups in total. The van der Waals surface area contributed by atoms with E-state index in [1.165, 1.54) is 0 Å². The first-order chi connectivity index (χ1) is 7.35. The highest BCUT2D eigenvalue weighted by Gasteiger charge is 2.00. The van der Waals surface area contributed by atoms with Crippen LogP contribution in [0.15, 0.2) is 31.1 Å². The molecule has 15 heavy (non-hydrogen) atoms. The van der Waals surface area contributed by atoms with Gasteiger partial charge >= 0.3 is 0 Å². The largest absolute Gasteiger partial charge is 0.291 e. The number of nitriles is 1. The fourth-order valence-electron chi connectivity index (χ4n) is 1.20. The summed E-state index contributed by atoms with van der Waals surface area (Å²) in [6.07, 6.45) is 5.14. The third kappa shape index (κ3) is 2.05. The van der Waals surface area contributed by atoms with E-state index in [1.807, 2.05) is 32.2 Å². The maximum Gasteiger partial charge on any atom is 0.144 e. The first kappa shape index (κ1) is 11.0. The topological polar surface area (TPSA) is 41.1 Å². The Kier molecular flexibility index (Phi) is 3.64. The summed E-state index contributed by atoms with van der Waals surface area (Å²) in [5, 5.41) is 8.75. The van der Waals surface area contributed by atoms with Gasteiger partial charge in [0.05, 0.1) is 6.20 Å². The second-order valence-corrected chi connectivity index (χ2v) is 2.65. The molecule has 0 aliphatic rings. The van der Waals surface area contributed by atoms with Crippen LogP contribution in [0.5, 0.6) is 0 Å². The third-order valence-electron chi connectivity index (χ3n) is 1.88. The second kappa shape index (κ2) is 4.97. The number of aromatic nitrogens is 2. The Morgan fingerprint density at radius 3 is 2.80 bits per heavy atom. The Morgan fingerprint density at radius 1 is 1.47 bits per heavy atom. The number of fused-ring (bicyclic) bond motifs is 1. The van der Waals surface area contributed by atoms with Gasteiger partial charge < -0.3 is 0 Å². The monoisotopic (exact) mass is 199 g/mol. The highest BCUT2D eigenvalue weighted by molar-refractivity contribution is 5.52. The smallest absolute Gasteiger partial charge is 0.144 e. The van der Waals surface area contributed by atoms with Gasteiger partial charge in [-0.1, -0.05) is 26.5 Å². The van der Waals surface area contributed by atoms with Crippen molar-refractivity contribution < 1.29 is 0 Å². The molecule has 2 rings (SSSR count). The van der Waals surface area contributed by atoms with E-state index in [0.717, 1.165) is 11.2 Å². The average Bonchev–Trinajstić information content (AvgIpc) is 2.73. The van der Waals surface area contributed by atoms with Crippen molar-refractivity contribution in [2.45, 2.75) is 13.8 Å². The highest BCUT2D eigenvalue weighted by atomic mass is 15.0. The van der Waals surface area contributed by atoms with Gasteiger partial charge in [-0.2, -0.15) is 5.26 Å². The van der Waals surface area contributed by atoms with Gasteiger partial charge in [-0.3, -0.25) is 4.40 Å². The van der Waals surface area contributed by atoms with E-state index in [1.54, 1.807) is 16.7 Å². The normalized spacial score (nSPS) is 8.87. The molecule has 3 nitrogen and oxygen atoms in total. The maximum atomic E-state index is 8.75. The van der Waals surface area contributed by atoms with E-state index in [4.69, 9.17) is 5.26 Å². The number of rotatable bonds is 1. The first-order valence-electron chi connectivity index (χ1n) is 4.85. The molecule has 0 bridgehead atoms. The van der Waals surface area contributed by atoms with Crippen LogP contribution >= 0.6 is 0 Å². The molecule has 0 saturated heterocycles. The summed E-state index contributed by atoms with van der Waals surface area (Å²) in [6, 6.07) is 5.84. The van der Waals surface area contributed by atoms with Crippen molar-refractivity contribution in [2.24, 2.45) is 0 Å². The zero-order valence-electron chi connectivity index (χ0n) is 8.94. The molecular weight excluding hydrogens is 186 g/mol. The van der Waals surface area contributed by atoms with E-state index in [2.05, 4.69) is 17.6 Å². The minimum atomic E-state index is 0.540. The molecule has 3 heteroatoms. The van der Waals surface area contributed by atoms with Crippen molar-refractivity contribution in [3.63, 3.8) is 0 Å². The average molecular weight is 199 g/mol. The van der Waals surface area contributed by atoms with Crippen molar-refractivity contribution in [1.29, 1.82) is 5.26 Å². The van der Waals surface area contributed by atoms with Crippen molar-refractivity contribution in [3.8, 4) is 6.07 Å². The predicted octanol–water partition coefficient (Wildman–Crippen LogP) is 2.88. The zero-order chi connectivity index (χ0) is 11.3. The van der Waals surface area contributed by atoms with Gasteiger partial charge in [-0.05, 0) is 17.7 Å². The van der Waals surface area contributed by atoms with E-state index in [-0.39, 0.29) is 0 Å². The molecule has 0 aliphatic heterocycles. The molecule has 2 heterocycles. The fraction of sp³-hybridized carbons (Fsp3) is 0.167. The molecule has 0 aliphatic carbocycles. The van der Waals surface area contributed by atoms with Crippen molar-refractivity contribution in [3.05, 3.63) is 42.4 Å². The summed E-state index contributed by atoms with van der Waals surface area (Å²) in [5.41, 5.74) is 2.29. The number of hydrogen-bond acceptors (Lipinski definition) is 2. The lowest BCUT2D eigenvalue weighted by Gasteiger charge is -1.96. The quantitative estimate of drug-likeness (QED) is 0.708. The Bertz CT molecular complexity index is 503. The van der Waals surface area contributed by atoms with Gasteiger partial charge in [0.15, 0.2) is 0 Å². The lowest BCUT2D eigenvalue weighted by Crippen LogP contribution is -1.88. The van der Waals surface area contributed by atoms with Crippen LogP contribution in [0.3, 0.4) is 0 Å². The van der Waals surface area contributed by atoms with E-state index >= 15 is 0 Å². The van der Waals surface area contributed by atoms with Crippen LogP contribution in [0.4, 0.5) is 0 Å². The Morgan fingerprint density at radius 2 is 2.20 bits per heavy atom. The van der Waals surface area contributed by atoms with Crippen LogP contribution in [0.25, 0.3) is 11.7 Å². The number of hydrogen-bond donors (Lipinski definition) is 0. The lowest BCUT2D eigenvalue weighted by atomic mass is 10.3. The summed E-state index contributed by atoms with van der Waals surface area (Å²) in [7, 11) is 0. The molecule has 0 saturated carbocycles. The molecule has 2 aromatic rings. The summed E-state index contributed by atoms with van der Waals surface area (Å²) in [5.74, 6) is 0. The molecular formula is C12H13N3. The SMILES string of the molecule is C=Cc1ccc2ncc(C#N)n2c1.CC. The number of imidazole rings is 1. The molecule has 2 aromatic heterocycles. The molecule has 0 fully saturated rings. The highest BCUT2D eigenvalue weighted by Crippen LogP contribution is 2.08. The van der Waals surface area contributed by atoms with E-state index < -0.39 is 0 Å². The minimum Gasteiger partial charge on any atom is -0.291 e. The number of pyridine rings is 1. The van der Waals surface area contributed by atoms with Gasteiger partial charge in [0.25, 0.3) is 0 Å². The maximum absolute atomic E-state index is 8.75. The van der Waals surface area contributed by atoms with Crippen LogP contribution in [0.2, 0.25) is 0 Å². The van der Waals surface area contributed by atoms with Crippen molar-refractivity contribution in [2.75, 3.05) is 0 Å². The van der Waals surface area contributed by atoms with Crippen LogP contribution in [0, 0.1) is 11.3 Å². The van der Waals surface area contributed by atoms with Crippen molar-refractivity contribution in [1.82, 2.24) is 9.38 Å². The molecule has 76 valence electrons. The molecule has 0 aromatic carbocycles. The van der Waals surface area contributed by atoms with Gasteiger partial charge in [0.1, 0.15) is 17.4 Å². The first-order valence-corrected chi connectivity index (χ1v) is 4.85. The summed E-state index contributed by atoms with van der Waals surface area (Å²) < 4.78 is 1.75. The predicted molar refractivity (Wildman–Crippen MR) is 61.3 cm³/mol. The zero-order valence-corrected chi connectivity index (χ0v) is 8.94. The Labute approximate surface area is 89.3 Å². The lowest BCUT2D eigenvalue weighted by molar-refractivity contribution is 1.15. The molecule has 0 spiro atoms. The summed E-state index contributed by atoms with van der Waals surface area (Å²) >= 11 is 0. The molecule has 0 unspecified atom stereocenters. The van der Waals surface area contributed by atoms with Crippen LogP contribution < -0.4 is 0 Å². The Hall–Kier alpha value is -2.08. The van der Waals surface area contributed by atoms with E-state index in [0.29, 0.717) is 5.69 Å². The minimum absolute atomic E-state index is 0.540. The van der Waals surface area contributed by atoms with Gasteiger partial charge in [-0.25, -0.2) is 4.98 Å². The number of nitrogens with zero attached hydrogens (tertiary/aromatic N) is 3. The van der Waals surface area contributed by atoms with Crippen LogP contribution in [-0.2, 0) is 0 Å². The standard InChI is InChI=1S/C10H7N3.C2H6/c1-2-8-3-4-10-12-6-9(5-11)13(10)7-8;1-2/h2-4,6-7H,1H2;1-2H3. The van der Waals surface area contributed by atoms with Gasteiger partial charge in [-0.15, -0.1) is 0 Å². The third-order valence-corrected chi connectivity index (χ3v) is 1.88. The van der Waals surface area contributed by atoms with Crippen LogP contribution in [0.1, 0.15) is 25.1 Å². The summed E-state index contributed by atoms with van der Waals surface area (Å²) in [4.78, 5) is 4.07. The van der Waals surface area contributed by atoms with E-state index in [9.17, 15) is 0 Å².